The molecule has 0 saturated heterocycles. The number of nitrogens with one attached hydrogen (secondary N) is 1. The Bertz CT molecular complexity index is 485. The van der Waals surface area contributed by atoms with E-state index in [1.807, 2.05) is 12.1 Å². The third-order valence-electron chi connectivity index (χ3n) is 2.58. The second-order valence-corrected chi connectivity index (χ2v) is 3.92. The maximum Gasteiger partial charge on any atom is 0.101 e. The van der Waals surface area contributed by atoms with Crippen LogP contribution in [0.1, 0.15) is 30.4 Å². The number of hydrogen-bond acceptors (Lipinski definition) is 5. The zero-order chi connectivity index (χ0) is 13.4. The van der Waals surface area contributed by atoms with Crippen molar-refractivity contribution in [2.75, 3.05) is 24.2 Å². The van der Waals surface area contributed by atoms with Crippen molar-refractivity contribution in [3.8, 4) is 12.1 Å². The van der Waals surface area contributed by atoms with Gasteiger partial charge in [0.25, 0.3) is 0 Å². The molecular weight excluding hydrogens is 228 g/mol. The highest BCUT2D eigenvalue weighted by Crippen LogP contribution is 2.23. The van der Waals surface area contributed by atoms with Gasteiger partial charge in [-0.1, -0.05) is 0 Å². The Labute approximate surface area is 106 Å². The van der Waals surface area contributed by atoms with Crippen LogP contribution in [-0.4, -0.2) is 18.3 Å². The molecule has 0 bridgehead atoms. The third kappa shape index (κ3) is 3.65. The first-order chi connectivity index (χ1) is 8.72. The molecule has 1 aromatic carbocycles. The first-order valence-corrected chi connectivity index (χ1v) is 5.81. The molecule has 0 unspecified atom stereocenters. The largest absolute Gasteiger partial charge is 0.397 e. The van der Waals surface area contributed by atoms with Crippen LogP contribution in [-0.2, 0) is 0 Å². The lowest BCUT2D eigenvalue weighted by Crippen LogP contribution is -2.05. The number of rotatable bonds is 6. The summed E-state index contributed by atoms with van der Waals surface area (Å²) >= 11 is 0. The molecule has 0 aliphatic carbocycles. The molecule has 5 heteroatoms. The molecule has 0 aliphatic heterocycles. The van der Waals surface area contributed by atoms with E-state index in [1.165, 1.54) is 6.07 Å². The Kier molecular flexibility index (Phi) is 5.50. The van der Waals surface area contributed by atoms with E-state index in [1.54, 1.807) is 6.07 Å². The second-order valence-electron chi connectivity index (χ2n) is 3.92. The number of aliphatic hydroxyl groups is 1. The topological polar surface area (TPSA) is 106 Å². The summed E-state index contributed by atoms with van der Waals surface area (Å²) in [6, 6.07) is 7.02. The Balaban J connectivity index is 2.67. The number of anilines is 2. The minimum atomic E-state index is 0.206. The van der Waals surface area contributed by atoms with Crippen molar-refractivity contribution < 1.29 is 5.11 Å². The number of nitrogens with zero attached hydrogens (tertiary/aromatic N) is 2. The maximum atomic E-state index is 8.91. The monoisotopic (exact) mass is 244 g/mol. The summed E-state index contributed by atoms with van der Waals surface area (Å²) in [5, 5.41) is 29.5. The highest BCUT2D eigenvalue weighted by atomic mass is 16.2. The van der Waals surface area contributed by atoms with E-state index in [9.17, 15) is 0 Å². The number of hydrogen-bond donors (Lipinski definition) is 3. The summed E-state index contributed by atoms with van der Waals surface area (Å²) in [4.78, 5) is 0. The first kappa shape index (κ1) is 13.8. The molecule has 94 valence electrons. The molecule has 5 nitrogen and oxygen atoms in total. The number of unbranched alkanes of at least 4 members (excludes halogenated alkanes) is 2. The van der Waals surface area contributed by atoms with Crippen LogP contribution in [0, 0.1) is 22.7 Å². The molecule has 0 saturated carbocycles. The lowest BCUT2D eigenvalue weighted by Gasteiger charge is -2.10. The van der Waals surface area contributed by atoms with Gasteiger partial charge in [0.1, 0.15) is 12.1 Å². The summed E-state index contributed by atoms with van der Waals surface area (Å²) in [6.07, 6.45) is 2.64. The van der Waals surface area contributed by atoms with Gasteiger partial charge >= 0.3 is 0 Å². The van der Waals surface area contributed by atoms with Gasteiger partial charge in [-0.25, -0.2) is 0 Å². The van der Waals surface area contributed by atoms with Gasteiger partial charge in [-0.05, 0) is 31.4 Å². The normalized spacial score (nSPS) is 9.50. The van der Waals surface area contributed by atoms with Gasteiger partial charge in [-0.2, -0.15) is 10.5 Å². The highest BCUT2D eigenvalue weighted by Gasteiger charge is 2.06. The fourth-order valence-electron chi connectivity index (χ4n) is 1.59. The molecule has 0 atom stereocenters. The molecule has 0 spiro atoms. The average Bonchev–Trinajstić information content (AvgIpc) is 2.39. The zero-order valence-electron chi connectivity index (χ0n) is 10.1. The predicted octanol–water partition coefficient (Wildman–Crippen LogP) is 1.59. The van der Waals surface area contributed by atoms with Crippen LogP contribution >= 0.6 is 0 Å². The molecule has 4 N–H and O–H groups in total. The molecular formula is C13H16N4O. The summed E-state index contributed by atoms with van der Waals surface area (Å²) in [5.74, 6) is 0. The van der Waals surface area contributed by atoms with E-state index in [4.69, 9.17) is 21.4 Å². The van der Waals surface area contributed by atoms with Crippen molar-refractivity contribution in [2.24, 2.45) is 0 Å². The van der Waals surface area contributed by atoms with Gasteiger partial charge in [-0.15, -0.1) is 0 Å². The Morgan fingerprint density at radius 3 is 2.39 bits per heavy atom. The molecule has 0 amide bonds. The Morgan fingerprint density at radius 2 is 1.78 bits per heavy atom. The third-order valence-corrected chi connectivity index (χ3v) is 2.58. The zero-order valence-corrected chi connectivity index (χ0v) is 10.1. The van der Waals surface area contributed by atoms with Crippen molar-refractivity contribution >= 4 is 11.4 Å². The minimum absolute atomic E-state index is 0.206. The number of nitrogen functional groups attached to an aromatic ring is 1. The lowest BCUT2D eigenvalue weighted by atomic mass is 10.1. The van der Waals surface area contributed by atoms with Crippen LogP contribution in [0.25, 0.3) is 0 Å². The second kappa shape index (κ2) is 7.16. The standard InChI is InChI=1S/C13H16N4O/c14-8-10-6-12(16)13(7-11(10)9-15)17-4-2-1-3-5-18/h6-7,17-18H,1-5,16H2. The highest BCUT2D eigenvalue weighted by molar-refractivity contribution is 5.71. The fraction of sp³-hybridized carbons (Fsp3) is 0.385. The molecule has 0 aromatic heterocycles. The summed E-state index contributed by atoms with van der Waals surface area (Å²) in [6.45, 7) is 0.929. The van der Waals surface area contributed by atoms with Crippen molar-refractivity contribution in [2.45, 2.75) is 19.3 Å². The summed E-state index contributed by atoms with van der Waals surface area (Å²) in [5.41, 5.74) is 7.56. The van der Waals surface area contributed by atoms with Crippen LogP contribution in [0.4, 0.5) is 11.4 Å². The van der Waals surface area contributed by atoms with Crippen LogP contribution in [0.2, 0.25) is 0 Å². The van der Waals surface area contributed by atoms with Crippen LogP contribution in [0.5, 0.6) is 0 Å². The Morgan fingerprint density at radius 1 is 1.11 bits per heavy atom. The molecule has 1 rings (SSSR count). The van der Waals surface area contributed by atoms with E-state index < -0.39 is 0 Å². The van der Waals surface area contributed by atoms with Crippen molar-refractivity contribution in [3.63, 3.8) is 0 Å². The number of nitrogens with two attached hydrogens (primary N) is 1. The van der Waals surface area contributed by atoms with Gasteiger partial charge in [-0.3, -0.25) is 0 Å². The number of benzene rings is 1. The van der Waals surface area contributed by atoms with Gasteiger partial charge in [0.05, 0.1) is 22.5 Å². The van der Waals surface area contributed by atoms with Crippen LogP contribution in [0.15, 0.2) is 12.1 Å². The molecule has 0 fully saturated rings. The van der Waals surface area contributed by atoms with E-state index >= 15 is 0 Å². The molecule has 0 heterocycles. The van der Waals surface area contributed by atoms with Gasteiger partial charge in [0.2, 0.25) is 0 Å². The van der Waals surface area contributed by atoms with E-state index in [0.29, 0.717) is 22.5 Å². The average molecular weight is 244 g/mol. The molecule has 1 aromatic rings. The SMILES string of the molecule is N#Cc1cc(N)c(NCCCCCO)cc1C#N. The lowest BCUT2D eigenvalue weighted by molar-refractivity contribution is 0.283. The molecule has 18 heavy (non-hydrogen) atoms. The fourth-order valence-corrected chi connectivity index (χ4v) is 1.59. The number of aliphatic hydroxyl groups excluding tert-OH is 1. The summed E-state index contributed by atoms with van der Waals surface area (Å²) in [7, 11) is 0. The Hall–Kier alpha value is -2.24. The predicted molar refractivity (Wildman–Crippen MR) is 69.7 cm³/mol. The quantitative estimate of drug-likeness (QED) is 0.520. The smallest absolute Gasteiger partial charge is 0.101 e. The van der Waals surface area contributed by atoms with Gasteiger partial charge in [0.15, 0.2) is 0 Å². The van der Waals surface area contributed by atoms with Crippen molar-refractivity contribution in [1.29, 1.82) is 10.5 Å². The van der Waals surface area contributed by atoms with E-state index in [-0.39, 0.29) is 6.61 Å². The van der Waals surface area contributed by atoms with Crippen molar-refractivity contribution in [3.05, 3.63) is 23.3 Å². The molecule has 0 radical (unpaired) electrons. The first-order valence-electron chi connectivity index (χ1n) is 5.81. The van der Waals surface area contributed by atoms with Gasteiger partial charge in [0, 0.05) is 13.2 Å². The van der Waals surface area contributed by atoms with E-state index in [0.717, 1.165) is 25.8 Å². The van der Waals surface area contributed by atoms with E-state index in [2.05, 4.69) is 5.32 Å². The van der Waals surface area contributed by atoms with Crippen LogP contribution < -0.4 is 11.1 Å². The minimum Gasteiger partial charge on any atom is -0.397 e. The number of nitriles is 2. The van der Waals surface area contributed by atoms with Gasteiger partial charge < -0.3 is 16.2 Å². The molecule has 0 aliphatic rings. The van der Waals surface area contributed by atoms with Crippen molar-refractivity contribution in [1.82, 2.24) is 0 Å². The van der Waals surface area contributed by atoms with Crippen LogP contribution in [0.3, 0.4) is 0 Å². The summed E-state index contributed by atoms with van der Waals surface area (Å²) < 4.78 is 0. The maximum absolute atomic E-state index is 8.91.